The second kappa shape index (κ2) is 10.0. The fourth-order valence-electron chi connectivity index (χ4n) is 2.25. The van der Waals surface area contributed by atoms with Gasteiger partial charge in [0.25, 0.3) is 5.91 Å². The number of hydrogen-bond acceptors (Lipinski definition) is 4. The van der Waals surface area contributed by atoms with Gasteiger partial charge in [-0.25, -0.2) is 0 Å². The zero-order valence-electron chi connectivity index (χ0n) is 14.9. The Morgan fingerprint density at radius 1 is 1.19 bits per heavy atom. The van der Waals surface area contributed by atoms with Crippen LogP contribution >= 0.6 is 27.5 Å². The van der Waals surface area contributed by atoms with E-state index < -0.39 is 5.91 Å². The van der Waals surface area contributed by atoms with E-state index in [1.165, 1.54) is 6.08 Å². The number of nitriles is 1. The van der Waals surface area contributed by atoms with Crippen LogP contribution in [0.2, 0.25) is 5.02 Å². The Kier molecular flexibility index (Phi) is 7.71. The molecule has 2 aromatic rings. The number of nitrogens with zero attached hydrogens (tertiary/aromatic N) is 1. The minimum absolute atomic E-state index is 0.0537. The summed E-state index contributed by atoms with van der Waals surface area (Å²) in [5.74, 6) is 0.630. The minimum atomic E-state index is -0.521. The molecule has 7 heteroatoms. The molecule has 5 nitrogen and oxygen atoms in total. The summed E-state index contributed by atoms with van der Waals surface area (Å²) < 4.78 is 11.9. The highest BCUT2D eigenvalue weighted by molar-refractivity contribution is 9.10. The summed E-state index contributed by atoms with van der Waals surface area (Å²) in [5, 5.41) is 12.7. The van der Waals surface area contributed by atoms with Gasteiger partial charge in [-0.15, -0.1) is 0 Å². The maximum Gasteiger partial charge on any atom is 0.266 e. The number of halogens is 2. The van der Waals surface area contributed by atoms with Gasteiger partial charge in [0.1, 0.15) is 23.1 Å². The lowest BCUT2D eigenvalue weighted by atomic mass is 10.1. The van der Waals surface area contributed by atoms with Crippen LogP contribution in [0.1, 0.15) is 19.4 Å². The fraction of sp³-hybridized carbons (Fsp3) is 0.200. The maximum absolute atomic E-state index is 12.4. The van der Waals surface area contributed by atoms with Crippen molar-refractivity contribution < 1.29 is 14.3 Å². The van der Waals surface area contributed by atoms with Crippen molar-refractivity contribution in [1.82, 2.24) is 0 Å². The van der Waals surface area contributed by atoms with Crippen LogP contribution in [0.25, 0.3) is 6.08 Å². The third-order valence-corrected chi connectivity index (χ3v) is 4.30. The van der Waals surface area contributed by atoms with Crippen LogP contribution in [-0.4, -0.2) is 19.1 Å². The van der Waals surface area contributed by atoms with E-state index in [0.717, 1.165) is 0 Å². The van der Waals surface area contributed by atoms with E-state index in [2.05, 4.69) is 21.2 Å². The molecule has 0 aliphatic carbocycles. The second-order valence-electron chi connectivity index (χ2n) is 5.32. The van der Waals surface area contributed by atoms with Crippen LogP contribution in [0.15, 0.2) is 46.4 Å². The SMILES string of the molecule is CCOc1cc(OCC)c(/C=C(/C#N)C(=O)Nc2ccc(Cl)cc2)cc1Br. The molecule has 2 rings (SSSR count). The molecular weight excluding hydrogens is 432 g/mol. The van der Waals surface area contributed by atoms with Crippen molar-refractivity contribution in [3.63, 3.8) is 0 Å². The smallest absolute Gasteiger partial charge is 0.266 e. The van der Waals surface area contributed by atoms with Crippen molar-refractivity contribution in [2.45, 2.75) is 13.8 Å². The molecule has 0 radical (unpaired) electrons. The Bertz CT molecular complexity index is 889. The zero-order valence-corrected chi connectivity index (χ0v) is 17.2. The van der Waals surface area contributed by atoms with Gasteiger partial charge < -0.3 is 14.8 Å². The molecule has 1 N–H and O–H groups in total. The first-order valence-corrected chi connectivity index (χ1v) is 9.43. The first kappa shape index (κ1) is 20.8. The van der Waals surface area contributed by atoms with Crippen LogP contribution in [0.3, 0.4) is 0 Å². The number of rotatable bonds is 7. The lowest BCUT2D eigenvalue weighted by Crippen LogP contribution is -2.13. The van der Waals surface area contributed by atoms with E-state index in [9.17, 15) is 10.1 Å². The molecule has 140 valence electrons. The van der Waals surface area contributed by atoms with E-state index in [1.54, 1.807) is 36.4 Å². The van der Waals surface area contributed by atoms with Gasteiger partial charge in [0.2, 0.25) is 0 Å². The molecule has 0 aromatic heterocycles. The van der Waals surface area contributed by atoms with Crippen molar-refractivity contribution in [3.05, 3.63) is 57.0 Å². The second-order valence-corrected chi connectivity index (χ2v) is 6.61. The summed E-state index contributed by atoms with van der Waals surface area (Å²) >= 11 is 9.27. The molecule has 0 fully saturated rings. The van der Waals surface area contributed by atoms with Crippen LogP contribution in [0.5, 0.6) is 11.5 Å². The highest BCUT2D eigenvalue weighted by atomic mass is 79.9. The molecule has 0 spiro atoms. The van der Waals surface area contributed by atoms with Gasteiger partial charge in [0, 0.05) is 22.3 Å². The number of hydrogen-bond donors (Lipinski definition) is 1. The molecule has 0 saturated carbocycles. The van der Waals surface area contributed by atoms with Gasteiger partial charge in [-0.05, 0) is 66.2 Å². The summed E-state index contributed by atoms with van der Waals surface area (Å²) in [6.45, 7) is 4.68. The molecule has 0 saturated heterocycles. The minimum Gasteiger partial charge on any atom is -0.493 e. The number of carbonyl (C=O) groups excluding carboxylic acids is 1. The summed E-state index contributed by atoms with van der Waals surface area (Å²) in [7, 11) is 0. The van der Waals surface area contributed by atoms with Gasteiger partial charge in [0.15, 0.2) is 0 Å². The van der Waals surface area contributed by atoms with Crippen molar-refractivity contribution >= 4 is 45.2 Å². The summed E-state index contributed by atoms with van der Waals surface area (Å²) in [6.07, 6.45) is 1.48. The normalized spacial score (nSPS) is 10.9. The van der Waals surface area contributed by atoms with Gasteiger partial charge >= 0.3 is 0 Å². The van der Waals surface area contributed by atoms with Gasteiger partial charge in [0.05, 0.1) is 17.7 Å². The van der Waals surface area contributed by atoms with Crippen molar-refractivity contribution in [2.75, 3.05) is 18.5 Å². The molecular formula is C20H18BrClN2O3. The Morgan fingerprint density at radius 2 is 1.81 bits per heavy atom. The number of ether oxygens (including phenoxy) is 2. The van der Waals surface area contributed by atoms with Crippen molar-refractivity contribution in [2.24, 2.45) is 0 Å². The monoisotopic (exact) mass is 448 g/mol. The largest absolute Gasteiger partial charge is 0.493 e. The molecule has 0 aliphatic heterocycles. The molecule has 0 heterocycles. The van der Waals surface area contributed by atoms with Crippen LogP contribution in [0.4, 0.5) is 5.69 Å². The Hall–Kier alpha value is -2.49. The molecule has 0 aliphatic rings. The van der Waals surface area contributed by atoms with E-state index in [-0.39, 0.29) is 5.57 Å². The van der Waals surface area contributed by atoms with E-state index in [4.69, 9.17) is 21.1 Å². The molecule has 0 atom stereocenters. The molecule has 0 unspecified atom stereocenters. The zero-order chi connectivity index (χ0) is 19.8. The Balaban J connectivity index is 2.35. The van der Waals surface area contributed by atoms with Crippen LogP contribution in [0, 0.1) is 11.3 Å². The molecule has 2 aromatic carbocycles. The van der Waals surface area contributed by atoms with Crippen LogP contribution in [-0.2, 0) is 4.79 Å². The average molecular weight is 450 g/mol. The Labute approximate surface area is 171 Å². The maximum atomic E-state index is 12.4. The predicted molar refractivity (Wildman–Crippen MR) is 110 cm³/mol. The lowest BCUT2D eigenvalue weighted by Gasteiger charge is -2.13. The van der Waals surface area contributed by atoms with Gasteiger partial charge in [-0.3, -0.25) is 4.79 Å². The number of carbonyl (C=O) groups is 1. The van der Waals surface area contributed by atoms with E-state index in [0.29, 0.717) is 45.5 Å². The summed E-state index contributed by atoms with van der Waals surface area (Å²) in [5.41, 5.74) is 1.08. The number of nitrogens with one attached hydrogen (secondary N) is 1. The standard InChI is InChI=1S/C20H18BrClN2O3/c1-3-26-18-11-19(27-4-2)17(21)10-13(18)9-14(12-23)20(25)24-16-7-5-15(22)6-8-16/h5-11H,3-4H2,1-2H3,(H,24,25)/b14-9-. The van der Waals surface area contributed by atoms with E-state index >= 15 is 0 Å². The van der Waals surface area contributed by atoms with Crippen LogP contribution < -0.4 is 14.8 Å². The third-order valence-electron chi connectivity index (χ3n) is 3.43. The predicted octanol–water partition coefficient (Wildman–Crippen LogP) is 5.45. The van der Waals surface area contributed by atoms with Gasteiger partial charge in [-0.2, -0.15) is 5.26 Å². The average Bonchev–Trinajstić information content (AvgIpc) is 2.65. The molecule has 0 bridgehead atoms. The van der Waals surface area contributed by atoms with E-state index in [1.807, 2.05) is 19.9 Å². The lowest BCUT2D eigenvalue weighted by molar-refractivity contribution is -0.112. The first-order chi connectivity index (χ1) is 13.0. The Morgan fingerprint density at radius 3 is 2.41 bits per heavy atom. The number of amides is 1. The topological polar surface area (TPSA) is 71.3 Å². The quantitative estimate of drug-likeness (QED) is 0.451. The van der Waals surface area contributed by atoms with Gasteiger partial charge in [-0.1, -0.05) is 11.6 Å². The van der Waals surface area contributed by atoms with Crippen molar-refractivity contribution in [1.29, 1.82) is 5.26 Å². The summed E-state index contributed by atoms with van der Waals surface area (Å²) in [4.78, 5) is 12.4. The fourth-order valence-corrected chi connectivity index (χ4v) is 2.85. The van der Waals surface area contributed by atoms with Crippen molar-refractivity contribution in [3.8, 4) is 17.6 Å². The molecule has 1 amide bonds. The molecule has 27 heavy (non-hydrogen) atoms. The summed E-state index contributed by atoms with van der Waals surface area (Å²) in [6, 6.07) is 12.1. The number of benzene rings is 2. The first-order valence-electron chi connectivity index (χ1n) is 8.26. The third kappa shape index (κ3) is 5.75. The highest BCUT2D eigenvalue weighted by Crippen LogP contribution is 2.34. The highest BCUT2D eigenvalue weighted by Gasteiger charge is 2.14. The number of anilines is 1.